The van der Waals surface area contributed by atoms with Crippen LogP contribution in [0.15, 0.2) is 45.1 Å². The molecule has 0 saturated carbocycles. The molecule has 1 heterocycles. The van der Waals surface area contributed by atoms with Crippen LogP contribution in [0.1, 0.15) is 18.2 Å². The summed E-state index contributed by atoms with van der Waals surface area (Å²) in [6.45, 7) is 2.95. The molecule has 1 aromatic heterocycles. The first-order valence-corrected chi connectivity index (χ1v) is 9.74. The first-order chi connectivity index (χ1) is 10.0. The Bertz CT molecular complexity index is 699. The molecule has 2 N–H and O–H groups in total. The van der Waals surface area contributed by atoms with Crippen molar-refractivity contribution in [2.24, 2.45) is 0 Å². The van der Waals surface area contributed by atoms with Crippen LogP contribution in [0.2, 0.25) is 0 Å². The van der Waals surface area contributed by atoms with Gasteiger partial charge in [-0.2, -0.15) is 0 Å². The molecule has 0 saturated heterocycles. The molecule has 2 aromatic rings. The van der Waals surface area contributed by atoms with Gasteiger partial charge in [-0.25, -0.2) is 13.1 Å². The van der Waals surface area contributed by atoms with Crippen LogP contribution in [0.25, 0.3) is 0 Å². The number of sulfonamides is 1. The molecule has 0 spiro atoms. The second-order valence-corrected chi connectivity index (χ2v) is 8.03. The van der Waals surface area contributed by atoms with Crippen molar-refractivity contribution < 1.29 is 8.42 Å². The first-order valence-electron chi connectivity index (χ1n) is 6.59. The summed E-state index contributed by atoms with van der Waals surface area (Å²) in [4.78, 5) is 1.41. The Kier molecular flexibility index (Phi) is 5.80. The maximum atomic E-state index is 12.3. The lowest BCUT2D eigenvalue weighted by Gasteiger charge is -2.12. The fourth-order valence-corrected chi connectivity index (χ4v) is 4.54. The summed E-state index contributed by atoms with van der Waals surface area (Å²) >= 11 is 5.09. The van der Waals surface area contributed by atoms with E-state index in [1.54, 1.807) is 29.5 Å². The first kappa shape index (κ1) is 16.5. The molecule has 0 bridgehead atoms. The van der Waals surface area contributed by atoms with Gasteiger partial charge in [0, 0.05) is 15.9 Å². The SMILES string of the molecule is CCCNS(=O)(=O)c1ccccc1NCc1sccc1Br. The van der Waals surface area contributed by atoms with Crippen molar-refractivity contribution in [1.82, 2.24) is 4.72 Å². The van der Waals surface area contributed by atoms with Crippen LogP contribution in [0.3, 0.4) is 0 Å². The molecule has 114 valence electrons. The van der Waals surface area contributed by atoms with E-state index in [1.807, 2.05) is 24.4 Å². The van der Waals surface area contributed by atoms with Gasteiger partial charge < -0.3 is 5.32 Å². The van der Waals surface area contributed by atoms with Crippen LogP contribution in [-0.2, 0) is 16.6 Å². The fraction of sp³-hybridized carbons (Fsp3) is 0.286. The third-order valence-corrected chi connectivity index (χ3v) is 6.29. The molecule has 0 aliphatic carbocycles. The molecule has 4 nitrogen and oxygen atoms in total. The van der Waals surface area contributed by atoms with Crippen molar-refractivity contribution in [2.45, 2.75) is 24.8 Å². The molecule has 0 aliphatic rings. The predicted molar refractivity (Wildman–Crippen MR) is 91.3 cm³/mol. The average molecular weight is 389 g/mol. The molecule has 0 aliphatic heterocycles. The van der Waals surface area contributed by atoms with Crippen molar-refractivity contribution in [1.29, 1.82) is 0 Å². The Morgan fingerprint density at radius 1 is 1.24 bits per heavy atom. The lowest BCUT2D eigenvalue weighted by atomic mass is 10.3. The highest BCUT2D eigenvalue weighted by molar-refractivity contribution is 9.10. The zero-order valence-electron chi connectivity index (χ0n) is 11.6. The predicted octanol–water partition coefficient (Wildman–Crippen LogP) is 3.81. The van der Waals surface area contributed by atoms with E-state index in [1.165, 1.54) is 0 Å². The van der Waals surface area contributed by atoms with E-state index in [9.17, 15) is 8.42 Å². The van der Waals surface area contributed by atoms with Gasteiger partial charge >= 0.3 is 0 Å². The third-order valence-electron chi connectivity index (χ3n) is 2.85. The normalized spacial score (nSPS) is 11.5. The molecule has 0 fully saturated rings. The number of anilines is 1. The van der Waals surface area contributed by atoms with E-state index in [2.05, 4.69) is 26.0 Å². The van der Waals surface area contributed by atoms with Crippen LogP contribution in [-0.4, -0.2) is 15.0 Å². The van der Waals surface area contributed by atoms with Crippen LogP contribution < -0.4 is 10.0 Å². The van der Waals surface area contributed by atoms with E-state index in [4.69, 9.17) is 0 Å². The summed E-state index contributed by atoms with van der Waals surface area (Å²) in [6.07, 6.45) is 0.761. The van der Waals surface area contributed by atoms with Gasteiger partial charge in [-0.05, 0) is 45.9 Å². The summed E-state index contributed by atoms with van der Waals surface area (Å²) in [5.41, 5.74) is 0.612. The average Bonchev–Trinajstić information content (AvgIpc) is 2.88. The number of nitrogens with one attached hydrogen (secondary N) is 2. The number of halogens is 1. The lowest BCUT2D eigenvalue weighted by Crippen LogP contribution is -2.25. The van der Waals surface area contributed by atoms with Crippen molar-refractivity contribution in [3.05, 3.63) is 45.1 Å². The summed E-state index contributed by atoms with van der Waals surface area (Å²) in [7, 11) is -3.48. The smallest absolute Gasteiger partial charge is 0.242 e. The highest BCUT2D eigenvalue weighted by Gasteiger charge is 2.17. The maximum absolute atomic E-state index is 12.3. The largest absolute Gasteiger partial charge is 0.379 e. The molecule has 0 atom stereocenters. The van der Waals surface area contributed by atoms with Gasteiger partial charge in [-0.15, -0.1) is 11.3 Å². The van der Waals surface area contributed by atoms with Crippen molar-refractivity contribution in [3.8, 4) is 0 Å². The van der Waals surface area contributed by atoms with Crippen molar-refractivity contribution in [2.75, 3.05) is 11.9 Å². The zero-order valence-corrected chi connectivity index (χ0v) is 14.8. The van der Waals surface area contributed by atoms with E-state index < -0.39 is 10.0 Å². The number of hydrogen-bond donors (Lipinski definition) is 2. The lowest BCUT2D eigenvalue weighted by molar-refractivity contribution is 0.581. The van der Waals surface area contributed by atoms with Crippen LogP contribution in [0, 0.1) is 0 Å². The van der Waals surface area contributed by atoms with E-state index in [0.29, 0.717) is 18.8 Å². The summed E-state index contributed by atoms with van der Waals surface area (Å²) < 4.78 is 28.2. The molecule has 7 heteroatoms. The number of hydrogen-bond acceptors (Lipinski definition) is 4. The van der Waals surface area contributed by atoms with Gasteiger partial charge in [0.2, 0.25) is 10.0 Å². The van der Waals surface area contributed by atoms with Gasteiger partial charge in [-0.1, -0.05) is 19.1 Å². The van der Waals surface area contributed by atoms with Crippen molar-refractivity contribution >= 4 is 43.0 Å². The minimum absolute atomic E-state index is 0.283. The quantitative estimate of drug-likeness (QED) is 0.757. The highest BCUT2D eigenvalue weighted by atomic mass is 79.9. The highest BCUT2D eigenvalue weighted by Crippen LogP contribution is 2.26. The van der Waals surface area contributed by atoms with E-state index in [0.717, 1.165) is 15.8 Å². The topological polar surface area (TPSA) is 58.2 Å². The number of para-hydroxylation sites is 1. The standard InChI is InChI=1S/C14H17BrN2O2S2/c1-2-8-17-21(18,19)14-6-4-3-5-12(14)16-10-13-11(15)7-9-20-13/h3-7,9,16-17H,2,8,10H2,1H3. The Morgan fingerprint density at radius 3 is 2.67 bits per heavy atom. The number of thiophene rings is 1. The van der Waals surface area contributed by atoms with Crippen LogP contribution >= 0.6 is 27.3 Å². The molecule has 0 unspecified atom stereocenters. The second-order valence-electron chi connectivity index (χ2n) is 4.44. The Morgan fingerprint density at radius 2 is 2.00 bits per heavy atom. The van der Waals surface area contributed by atoms with Crippen molar-refractivity contribution in [3.63, 3.8) is 0 Å². The monoisotopic (exact) mass is 388 g/mol. The van der Waals surface area contributed by atoms with Gasteiger partial charge in [0.05, 0.1) is 12.2 Å². The van der Waals surface area contributed by atoms with Crippen LogP contribution in [0.5, 0.6) is 0 Å². The Labute approximate surface area is 137 Å². The third kappa shape index (κ3) is 4.29. The summed E-state index contributed by atoms with van der Waals surface area (Å²) in [5, 5.41) is 5.19. The molecule has 21 heavy (non-hydrogen) atoms. The maximum Gasteiger partial charge on any atom is 0.242 e. The van der Waals surface area contributed by atoms with Gasteiger partial charge in [-0.3, -0.25) is 0 Å². The fourth-order valence-electron chi connectivity index (χ4n) is 1.79. The van der Waals surface area contributed by atoms with E-state index in [-0.39, 0.29) is 4.90 Å². The minimum atomic E-state index is -3.48. The second kappa shape index (κ2) is 7.40. The molecule has 2 rings (SSSR count). The molecule has 0 amide bonds. The van der Waals surface area contributed by atoms with Gasteiger partial charge in [0.15, 0.2) is 0 Å². The Hall–Kier alpha value is -0.890. The zero-order chi connectivity index (χ0) is 15.3. The molecule has 1 aromatic carbocycles. The number of rotatable bonds is 7. The van der Waals surface area contributed by atoms with Gasteiger partial charge in [0.1, 0.15) is 4.90 Å². The summed E-state index contributed by atoms with van der Waals surface area (Å²) in [5.74, 6) is 0. The van der Waals surface area contributed by atoms with Crippen LogP contribution in [0.4, 0.5) is 5.69 Å². The van der Waals surface area contributed by atoms with Gasteiger partial charge in [0.25, 0.3) is 0 Å². The number of benzene rings is 1. The molecular weight excluding hydrogens is 372 g/mol. The summed E-state index contributed by atoms with van der Waals surface area (Å²) in [6, 6.07) is 8.93. The molecular formula is C14H17BrN2O2S2. The Balaban J connectivity index is 2.19. The molecule has 0 radical (unpaired) electrons. The van der Waals surface area contributed by atoms with E-state index >= 15 is 0 Å². The minimum Gasteiger partial charge on any atom is -0.379 e.